The van der Waals surface area contributed by atoms with Gasteiger partial charge in [-0.2, -0.15) is 0 Å². The summed E-state index contributed by atoms with van der Waals surface area (Å²) in [6.07, 6.45) is 4.18. The lowest BCUT2D eigenvalue weighted by Gasteiger charge is -2.31. The number of carbonyl (C=O) groups excluding carboxylic acids is 2. The molecule has 1 saturated carbocycles. The minimum Gasteiger partial charge on any atom is -0.497 e. The molecule has 35 heavy (non-hydrogen) atoms. The summed E-state index contributed by atoms with van der Waals surface area (Å²) < 4.78 is 10.8. The Bertz CT molecular complexity index is 1240. The molecule has 1 saturated heterocycles. The number of fused-ring (bicyclic) bond motifs is 1. The third-order valence-electron chi connectivity index (χ3n) is 6.99. The molecule has 1 aliphatic carbocycles. The summed E-state index contributed by atoms with van der Waals surface area (Å²) >= 11 is 0. The van der Waals surface area contributed by atoms with Crippen molar-refractivity contribution < 1.29 is 18.8 Å². The normalized spacial score (nSPS) is 17.1. The van der Waals surface area contributed by atoms with Gasteiger partial charge in [0.15, 0.2) is 5.78 Å². The van der Waals surface area contributed by atoms with Crippen molar-refractivity contribution in [1.29, 1.82) is 0 Å². The first-order chi connectivity index (χ1) is 16.7. The van der Waals surface area contributed by atoms with E-state index in [1.165, 1.54) is 0 Å². The van der Waals surface area contributed by atoms with Crippen molar-refractivity contribution in [1.82, 2.24) is 15.0 Å². The molecular formula is C28H33N3O4. The molecule has 0 N–H and O–H groups in total. The Kier molecular flexibility index (Phi) is 6.11. The fourth-order valence-electron chi connectivity index (χ4n) is 4.92. The van der Waals surface area contributed by atoms with Gasteiger partial charge in [-0.15, -0.1) is 0 Å². The van der Waals surface area contributed by atoms with Crippen LogP contribution in [0.5, 0.6) is 5.75 Å². The number of amides is 1. The summed E-state index contributed by atoms with van der Waals surface area (Å²) in [4.78, 5) is 33.4. The van der Waals surface area contributed by atoms with Crippen molar-refractivity contribution in [2.24, 2.45) is 11.3 Å². The standard InChI is InChI=1S/C28H33N3O4/c1-28(2,3)16-23-24-21(15-22(17-5-6-17)29-26(24)35-30-23)27(33)31-13-11-19(12-14-31)25(32)18-7-9-20(34-4)10-8-18/h7-10,15,17,19H,5-6,11-14,16H2,1-4H3. The average Bonchev–Trinajstić information content (AvgIpc) is 3.64. The van der Waals surface area contributed by atoms with Crippen LogP contribution in [0.1, 0.15) is 84.5 Å². The molecular weight excluding hydrogens is 442 g/mol. The minimum absolute atomic E-state index is 0.000547. The van der Waals surface area contributed by atoms with Gasteiger partial charge >= 0.3 is 0 Å². The highest BCUT2D eigenvalue weighted by atomic mass is 16.5. The van der Waals surface area contributed by atoms with Gasteiger partial charge in [0, 0.05) is 36.2 Å². The Morgan fingerprint density at radius 3 is 2.37 bits per heavy atom. The molecule has 7 nitrogen and oxygen atoms in total. The Balaban J connectivity index is 1.36. The number of benzene rings is 1. The molecule has 0 spiro atoms. The molecule has 3 heterocycles. The molecule has 1 aliphatic heterocycles. The van der Waals surface area contributed by atoms with Crippen LogP contribution in [-0.2, 0) is 6.42 Å². The van der Waals surface area contributed by atoms with E-state index in [9.17, 15) is 9.59 Å². The summed E-state index contributed by atoms with van der Waals surface area (Å²) in [5.41, 5.74) is 3.49. The van der Waals surface area contributed by atoms with Gasteiger partial charge in [-0.3, -0.25) is 9.59 Å². The number of carbonyl (C=O) groups is 2. The summed E-state index contributed by atoms with van der Waals surface area (Å²) in [6, 6.07) is 9.21. The lowest BCUT2D eigenvalue weighted by atomic mass is 9.88. The predicted molar refractivity (Wildman–Crippen MR) is 133 cm³/mol. The monoisotopic (exact) mass is 475 g/mol. The van der Waals surface area contributed by atoms with E-state index in [1.807, 2.05) is 35.2 Å². The van der Waals surface area contributed by atoms with E-state index in [0.29, 0.717) is 55.1 Å². The first kappa shape index (κ1) is 23.5. The number of hydrogen-bond donors (Lipinski definition) is 0. The summed E-state index contributed by atoms with van der Waals surface area (Å²) in [5.74, 6) is 1.16. The zero-order valence-corrected chi connectivity index (χ0v) is 21.0. The van der Waals surface area contributed by atoms with Gasteiger partial charge in [-0.25, -0.2) is 4.98 Å². The smallest absolute Gasteiger partial charge is 0.259 e. The molecule has 2 aliphatic rings. The molecule has 3 aromatic rings. The maximum atomic E-state index is 13.8. The third-order valence-corrected chi connectivity index (χ3v) is 6.99. The Morgan fingerprint density at radius 1 is 1.09 bits per heavy atom. The molecule has 0 bridgehead atoms. The Labute approximate surface area is 205 Å². The highest BCUT2D eigenvalue weighted by Crippen LogP contribution is 2.41. The van der Waals surface area contributed by atoms with Crippen molar-refractivity contribution in [3.8, 4) is 5.75 Å². The second-order valence-electron chi connectivity index (χ2n) is 11.1. The van der Waals surface area contributed by atoms with Crippen LogP contribution in [0, 0.1) is 11.3 Å². The quantitative estimate of drug-likeness (QED) is 0.442. The van der Waals surface area contributed by atoms with Crippen LogP contribution < -0.4 is 4.74 Å². The van der Waals surface area contributed by atoms with Crippen molar-refractivity contribution in [3.05, 3.63) is 52.8 Å². The van der Waals surface area contributed by atoms with Crippen molar-refractivity contribution in [2.75, 3.05) is 20.2 Å². The van der Waals surface area contributed by atoms with Crippen LogP contribution in [0.3, 0.4) is 0 Å². The number of hydrogen-bond acceptors (Lipinski definition) is 6. The van der Waals surface area contributed by atoms with Crippen LogP contribution in [0.4, 0.5) is 0 Å². The van der Waals surface area contributed by atoms with Crippen LogP contribution in [0.15, 0.2) is 34.9 Å². The van der Waals surface area contributed by atoms with E-state index in [4.69, 9.17) is 14.2 Å². The number of piperidine rings is 1. The highest BCUT2D eigenvalue weighted by molar-refractivity contribution is 6.06. The molecule has 2 aromatic heterocycles. The van der Waals surface area contributed by atoms with Gasteiger partial charge in [-0.05, 0) is 67.9 Å². The minimum atomic E-state index is -0.0843. The van der Waals surface area contributed by atoms with E-state index in [1.54, 1.807) is 7.11 Å². The van der Waals surface area contributed by atoms with Gasteiger partial charge in [0.05, 0.1) is 23.8 Å². The SMILES string of the molecule is COc1ccc(C(=O)C2CCN(C(=O)c3cc(C4CC4)nc4onc(CC(C)(C)C)c34)CC2)cc1. The number of Topliss-reactive ketones (excluding diaryl/α,β-unsaturated/α-hetero) is 1. The molecule has 1 amide bonds. The second kappa shape index (κ2) is 9.10. The first-order valence-corrected chi connectivity index (χ1v) is 12.5. The maximum Gasteiger partial charge on any atom is 0.259 e. The lowest BCUT2D eigenvalue weighted by molar-refractivity contribution is 0.0651. The van der Waals surface area contributed by atoms with E-state index < -0.39 is 0 Å². The molecule has 1 aromatic carbocycles. The molecule has 7 heteroatoms. The Hall–Kier alpha value is -3.22. The second-order valence-corrected chi connectivity index (χ2v) is 11.1. The summed E-state index contributed by atoms with van der Waals surface area (Å²) in [7, 11) is 1.61. The largest absolute Gasteiger partial charge is 0.497 e. The molecule has 184 valence electrons. The molecule has 0 radical (unpaired) electrons. The summed E-state index contributed by atoms with van der Waals surface area (Å²) in [5, 5.41) is 5.05. The van der Waals surface area contributed by atoms with Crippen LogP contribution in [0.2, 0.25) is 0 Å². The van der Waals surface area contributed by atoms with Gasteiger partial charge < -0.3 is 14.2 Å². The number of methoxy groups -OCH3 is 1. The maximum absolute atomic E-state index is 13.8. The number of pyridine rings is 1. The van der Waals surface area contributed by atoms with E-state index >= 15 is 0 Å². The van der Waals surface area contributed by atoms with Gasteiger partial charge in [-0.1, -0.05) is 25.9 Å². The number of ketones is 1. The molecule has 2 fully saturated rings. The van der Waals surface area contributed by atoms with E-state index in [2.05, 4.69) is 25.9 Å². The highest BCUT2D eigenvalue weighted by Gasteiger charge is 2.33. The van der Waals surface area contributed by atoms with Crippen molar-refractivity contribution in [3.63, 3.8) is 0 Å². The summed E-state index contributed by atoms with van der Waals surface area (Å²) in [6.45, 7) is 7.53. The molecule has 0 unspecified atom stereocenters. The van der Waals surface area contributed by atoms with E-state index in [0.717, 1.165) is 35.4 Å². The van der Waals surface area contributed by atoms with Crippen LogP contribution >= 0.6 is 0 Å². The van der Waals surface area contributed by atoms with Crippen molar-refractivity contribution >= 4 is 22.8 Å². The zero-order chi connectivity index (χ0) is 24.7. The topological polar surface area (TPSA) is 85.5 Å². The van der Waals surface area contributed by atoms with Crippen LogP contribution in [0.25, 0.3) is 11.1 Å². The number of ether oxygens (including phenoxy) is 1. The predicted octanol–water partition coefficient (Wildman–Crippen LogP) is 5.43. The average molecular weight is 476 g/mol. The molecule has 0 atom stereocenters. The number of nitrogens with zero attached hydrogens (tertiary/aromatic N) is 3. The Morgan fingerprint density at radius 2 is 1.77 bits per heavy atom. The zero-order valence-electron chi connectivity index (χ0n) is 21.0. The lowest BCUT2D eigenvalue weighted by Crippen LogP contribution is -2.40. The van der Waals surface area contributed by atoms with Gasteiger partial charge in [0.1, 0.15) is 5.75 Å². The number of aromatic nitrogens is 2. The fraction of sp³-hybridized carbons (Fsp3) is 0.500. The van der Waals surface area contributed by atoms with Gasteiger partial charge in [0.2, 0.25) is 0 Å². The van der Waals surface area contributed by atoms with Crippen molar-refractivity contribution in [2.45, 2.75) is 58.8 Å². The molecule has 5 rings (SSSR count). The number of rotatable bonds is 6. The van der Waals surface area contributed by atoms with Crippen LogP contribution in [-0.4, -0.2) is 46.9 Å². The van der Waals surface area contributed by atoms with E-state index in [-0.39, 0.29) is 23.0 Å². The fourth-order valence-corrected chi connectivity index (χ4v) is 4.92. The number of likely N-dealkylation sites (tertiary alicyclic amines) is 1. The third kappa shape index (κ3) is 4.95. The van der Waals surface area contributed by atoms with Gasteiger partial charge in [0.25, 0.3) is 11.6 Å². The first-order valence-electron chi connectivity index (χ1n) is 12.5.